The van der Waals surface area contributed by atoms with Crippen molar-refractivity contribution in [2.24, 2.45) is 5.92 Å². The quantitative estimate of drug-likeness (QED) is 0.825. The third-order valence-electron chi connectivity index (χ3n) is 4.80. The fourth-order valence-corrected chi connectivity index (χ4v) is 3.53. The van der Waals surface area contributed by atoms with Gasteiger partial charge in [-0.15, -0.1) is 0 Å². The van der Waals surface area contributed by atoms with Crippen LogP contribution in [-0.2, 0) is 10.8 Å². The maximum Gasteiger partial charge on any atom is 0.0444 e. The molecule has 1 N–H and O–H groups in total. The van der Waals surface area contributed by atoms with Crippen LogP contribution in [-0.4, -0.2) is 51.8 Å². The van der Waals surface area contributed by atoms with E-state index in [1.165, 1.54) is 19.3 Å². The summed E-state index contributed by atoms with van der Waals surface area (Å²) in [6.45, 7) is 9.93. The van der Waals surface area contributed by atoms with Gasteiger partial charge in [0.2, 0.25) is 0 Å². The lowest BCUT2D eigenvalue weighted by Gasteiger charge is -2.47. The van der Waals surface area contributed by atoms with Crippen LogP contribution < -0.4 is 5.32 Å². The molecule has 1 aliphatic carbocycles. The zero-order valence-corrected chi connectivity index (χ0v) is 13.1. The topological polar surface area (TPSA) is 32.3 Å². The molecule has 1 aliphatic heterocycles. The highest BCUT2D eigenvalue weighted by atomic mass is 32.2. The van der Waals surface area contributed by atoms with Gasteiger partial charge in [0.1, 0.15) is 0 Å². The van der Waals surface area contributed by atoms with Gasteiger partial charge >= 0.3 is 0 Å². The van der Waals surface area contributed by atoms with Crippen molar-refractivity contribution < 1.29 is 4.21 Å². The molecule has 0 aromatic carbocycles. The summed E-state index contributed by atoms with van der Waals surface area (Å²) in [5.41, 5.74) is 0.292. The van der Waals surface area contributed by atoms with Gasteiger partial charge in [-0.3, -0.25) is 9.11 Å². The van der Waals surface area contributed by atoms with Crippen LogP contribution in [0.3, 0.4) is 0 Å². The minimum absolute atomic E-state index is 0.278. The Bertz CT molecular complexity index is 319. The first kappa shape index (κ1) is 14.5. The SMILES string of the molecule is CCC1CNC(C)(C2CC2)CN1CC(C)S(C)=O. The Labute approximate surface area is 114 Å². The Morgan fingerprint density at radius 1 is 1.50 bits per heavy atom. The molecule has 0 spiro atoms. The molecule has 2 fully saturated rings. The molecule has 1 saturated carbocycles. The van der Waals surface area contributed by atoms with E-state index in [0.717, 1.165) is 25.6 Å². The minimum atomic E-state index is -0.711. The lowest BCUT2D eigenvalue weighted by Crippen LogP contribution is -2.64. The number of hydrogen-bond donors (Lipinski definition) is 1. The minimum Gasteiger partial charge on any atom is -0.308 e. The molecule has 4 heteroatoms. The van der Waals surface area contributed by atoms with Crippen molar-refractivity contribution in [1.29, 1.82) is 0 Å². The highest BCUT2D eigenvalue weighted by molar-refractivity contribution is 7.84. The summed E-state index contributed by atoms with van der Waals surface area (Å²) in [5.74, 6) is 0.861. The summed E-state index contributed by atoms with van der Waals surface area (Å²) in [7, 11) is -0.711. The van der Waals surface area contributed by atoms with Crippen molar-refractivity contribution in [3.8, 4) is 0 Å². The van der Waals surface area contributed by atoms with Crippen molar-refractivity contribution in [2.75, 3.05) is 25.9 Å². The van der Waals surface area contributed by atoms with Crippen LogP contribution in [0.4, 0.5) is 0 Å². The maximum atomic E-state index is 11.6. The van der Waals surface area contributed by atoms with Gasteiger partial charge in [0.25, 0.3) is 0 Å². The fourth-order valence-electron chi connectivity index (χ4n) is 3.13. The molecule has 0 bridgehead atoms. The van der Waals surface area contributed by atoms with Gasteiger partial charge < -0.3 is 5.32 Å². The van der Waals surface area contributed by atoms with Crippen LogP contribution in [0, 0.1) is 5.92 Å². The van der Waals surface area contributed by atoms with Crippen LogP contribution in [0.15, 0.2) is 0 Å². The lowest BCUT2D eigenvalue weighted by molar-refractivity contribution is 0.0740. The molecule has 0 aromatic rings. The Kier molecular flexibility index (Phi) is 4.50. The van der Waals surface area contributed by atoms with Gasteiger partial charge in [-0.25, -0.2) is 0 Å². The molecule has 1 heterocycles. The van der Waals surface area contributed by atoms with E-state index in [-0.39, 0.29) is 5.25 Å². The van der Waals surface area contributed by atoms with Crippen LogP contribution in [0.5, 0.6) is 0 Å². The fraction of sp³-hybridized carbons (Fsp3) is 1.00. The van der Waals surface area contributed by atoms with Gasteiger partial charge in [-0.2, -0.15) is 0 Å². The summed E-state index contributed by atoms with van der Waals surface area (Å²) in [4.78, 5) is 2.58. The van der Waals surface area contributed by atoms with E-state index in [2.05, 4.69) is 31.0 Å². The molecular weight excluding hydrogens is 244 g/mol. The first-order chi connectivity index (χ1) is 8.46. The van der Waals surface area contributed by atoms with E-state index in [1.54, 1.807) is 0 Å². The van der Waals surface area contributed by atoms with E-state index < -0.39 is 10.8 Å². The van der Waals surface area contributed by atoms with Crippen molar-refractivity contribution in [3.63, 3.8) is 0 Å². The van der Waals surface area contributed by atoms with E-state index in [0.29, 0.717) is 11.6 Å². The summed E-state index contributed by atoms with van der Waals surface area (Å²) < 4.78 is 11.6. The average Bonchev–Trinajstić information content (AvgIpc) is 3.13. The van der Waals surface area contributed by atoms with Crippen molar-refractivity contribution in [2.45, 2.75) is 56.9 Å². The Morgan fingerprint density at radius 3 is 2.67 bits per heavy atom. The van der Waals surface area contributed by atoms with Crippen LogP contribution in [0.1, 0.15) is 40.0 Å². The van der Waals surface area contributed by atoms with Crippen LogP contribution in [0.2, 0.25) is 0 Å². The largest absolute Gasteiger partial charge is 0.308 e. The molecular formula is C14H28N2OS. The summed E-state index contributed by atoms with van der Waals surface area (Å²) in [6, 6.07) is 0.614. The Morgan fingerprint density at radius 2 is 2.17 bits per heavy atom. The molecule has 4 atom stereocenters. The molecule has 2 rings (SSSR count). The molecule has 0 aromatic heterocycles. The van der Waals surface area contributed by atoms with Gasteiger partial charge in [0.15, 0.2) is 0 Å². The predicted molar refractivity (Wildman–Crippen MR) is 78.3 cm³/mol. The number of nitrogens with one attached hydrogen (secondary N) is 1. The summed E-state index contributed by atoms with van der Waals surface area (Å²) in [6.07, 6.45) is 5.76. The maximum absolute atomic E-state index is 11.6. The smallest absolute Gasteiger partial charge is 0.0444 e. The Hall–Kier alpha value is 0.0700. The molecule has 0 radical (unpaired) electrons. The zero-order chi connectivity index (χ0) is 13.3. The third-order valence-corrected chi connectivity index (χ3v) is 6.08. The average molecular weight is 272 g/mol. The molecule has 3 nitrogen and oxygen atoms in total. The normalized spacial score (nSPS) is 37.4. The second-order valence-electron chi connectivity index (χ2n) is 6.37. The molecule has 4 unspecified atom stereocenters. The molecule has 18 heavy (non-hydrogen) atoms. The monoisotopic (exact) mass is 272 g/mol. The van der Waals surface area contributed by atoms with Crippen LogP contribution in [0.25, 0.3) is 0 Å². The van der Waals surface area contributed by atoms with E-state index in [4.69, 9.17) is 0 Å². The molecule has 1 saturated heterocycles. The number of hydrogen-bond acceptors (Lipinski definition) is 3. The van der Waals surface area contributed by atoms with E-state index >= 15 is 0 Å². The van der Waals surface area contributed by atoms with E-state index in [1.807, 2.05) is 6.26 Å². The van der Waals surface area contributed by atoms with Gasteiger partial charge in [-0.1, -0.05) is 6.92 Å². The Balaban J connectivity index is 2.00. The van der Waals surface area contributed by atoms with E-state index in [9.17, 15) is 4.21 Å². The predicted octanol–water partition coefficient (Wildman–Crippen LogP) is 1.61. The summed E-state index contributed by atoms with van der Waals surface area (Å²) >= 11 is 0. The van der Waals surface area contributed by atoms with Gasteiger partial charge in [0.05, 0.1) is 0 Å². The standard InChI is InChI=1S/C14H28N2OS/c1-5-13-8-15-14(3,12-6-7-12)10-16(13)9-11(2)18(4)17/h11-13,15H,5-10H2,1-4H3. The zero-order valence-electron chi connectivity index (χ0n) is 12.2. The number of piperazine rings is 1. The number of nitrogens with zero attached hydrogens (tertiary/aromatic N) is 1. The first-order valence-electron chi connectivity index (χ1n) is 7.27. The highest BCUT2D eigenvalue weighted by Crippen LogP contribution is 2.41. The van der Waals surface area contributed by atoms with Gasteiger partial charge in [-0.05, 0) is 39.0 Å². The van der Waals surface area contributed by atoms with Gasteiger partial charge in [0, 0.05) is 53.5 Å². The van der Waals surface area contributed by atoms with Crippen LogP contribution >= 0.6 is 0 Å². The lowest BCUT2D eigenvalue weighted by atomic mass is 9.90. The molecule has 0 amide bonds. The van der Waals surface area contributed by atoms with Crippen molar-refractivity contribution in [3.05, 3.63) is 0 Å². The second-order valence-corrected chi connectivity index (χ2v) is 8.18. The molecule has 2 aliphatic rings. The van der Waals surface area contributed by atoms with Crippen molar-refractivity contribution in [1.82, 2.24) is 10.2 Å². The van der Waals surface area contributed by atoms with Crippen molar-refractivity contribution >= 4 is 10.8 Å². The summed E-state index contributed by atoms with van der Waals surface area (Å²) in [5, 5.41) is 4.05. The highest BCUT2D eigenvalue weighted by Gasteiger charge is 2.45. The molecule has 106 valence electrons. The number of rotatable bonds is 5. The third kappa shape index (κ3) is 3.14. The first-order valence-corrected chi connectivity index (χ1v) is 8.89. The second kappa shape index (κ2) is 5.59.